The van der Waals surface area contributed by atoms with Crippen molar-refractivity contribution in [3.05, 3.63) is 46.7 Å². The molecule has 4 rings (SSSR count). The molecule has 0 spiro atoms. The molecule has 1 aromatic carbocycles. The summed E-state index contributed by atoms with van der Waals surface area (Å²) in [5, 5.41) is 8.33. The zero-order valence-electron chi connectivity index (χ0n) is 17.7. The minimum atomic E-state index is -0.0596. The molecule has 2 unspecified atom stereocenters. The van der Waals surface area contributed by atoms with Gasteiger partial charge in [0.2, 0.25) is 0 Å². The largest absolute Gasteiger partial charge is 0.497 e. The van der Waals surface area contributed by atoms with E-state index in [2.05, 4.69) is 50.1 Å². The van der Waals surface area contributed by atoms with Crippen LogP contribution in [0.3, 0.4) is 0 Å². The number of nitrogens with zero attached hydrogens (tertiary/aromatic N) is 2. The summed E-state index contributed by atoms with van der Waals surface area (Å²) in [5.41, 5.74) is 1.19. The summed E-state index contributed by atoms with van der Waals surface area (Å²) in [6, 6.07) is 12.7. The number of thiophene rings is 1. The van der Waals surface area contributed by atoms with E-state index in [1.54, 1.807) is 18.4 Å². The van der Waals surface area contributed by atoms with Crippen molar-refractivity contribution in [3.63, 3.8) is 0 Å². The highest BCUT2D eigenvalue weighted by Gasteiger charge is 2.26. The van der Waals surface area contributed by atoms with Crippen LogP contribution in [0, 0.1) is 5.92 Å². The first kappa shape index (κ1) is 21.0. The monoisotopic (exact) mass is 428 g/mol. The summed E-state index contributed by atoms with van der Waals surface area (Å²) in [7, 11) is 1.70. The number of anilines is 1. The number of methoxy groups -OCH3 is 1. The molecule has 6 nitrogen and oxygen atoms in total. The van der Waals surface area contributed by atoms with Gasteiger partial charge in [-0.3, -0.25) is 4.90 Å². The number of urea groups is 1. The van der Waals surface area contributed by atoms with Crippen molar-refractivity contribution in [2.45, 2.75) is 25.3 Å². The Bertz CT molecular complexity index is 807. The summed E-state index contributed by atoms with van der Waals surface area (Å²) in [5.74, 6) is 1.35. The van der Waals surface area contributed by atoms with Crippen molar-refractivity contribution < 1.29 is 9.53 Å². The molecule has 30 heavy (non-hydrogen) atoms. The summed E-state index contributed by atoms with van der Waals surface area (Å²) in [6.07, 6.45) is 3.59. The van der Waals surface area contributed by atoms with Crippen LogP contribution in [-0.4, -0.2) is 57.3 Å². The molecular formula is C23H32N4O2S. The van der Waals surface area contributed by atoms with E-state index in [0.29, 0.717) is 19.0 Å². The van der Waals surface area contributed by atoms with Gasteiger partial charge in [-0.1, -0.05) is 12.1 Å². The third-order valence-electron chi connectivity index (χ3n) is 6.16. The normalized spacial score (nSPS) is 20.3. The van der Waals surface area contributed by atoms with Crippen molar-refractivity contribution in [1.82, 2.24) is 15.5 Å². The van der Waals surface area contributed by atoms with Gasteiger partial charge in [0.15, 0.2) is 0 Å². The van der Waals surface area contributed by atoms with Gasteiger partial charge in [-0.15, -0.1) is 11.3 Å². The Morgan fingerprint density at radius 3 is 2.83 bits per heavy atom. The molecule has 0 aliphatic carbocycles. The van der Waals surface area contributed by atoms with E-state index in [-0.39, 0.29) is 12.1 Å². The molecule has 2 saturated heterocycles. The standard InChI is InChI=1S/C23H32N4O2S/c1-29-20-7-4-6-19(14-20)27-12-9-18(17-27)15-24-23(28)25-16-21(22-8-5-13-30-22)26-10-2-3-11-26/h4-8,13-14,18,21H,2-3,9-12,15-17H2,1H3,(H2,24,25,28). The van der Waals surface area contributed by atoms with Crippen molar-refractivity contribution in [3.8, 4) is 5.75 Å². The molecule has 0 bridgehead atoms. The minimum Gasteiger partial charge on any atom is -0.497 e. The van der Waals surface area contributed by atoms with Gasteiger partial charge in [0, 0.05) is 42.8 Å². The van der Waals surface area contributed by atoms with Crippen LogP contribution in [0.1, 0.15) is 30.2 Å². The Balaban J connectivity index is 1.23. The van der Waals surface area contributed by atoms with Gasteiger partial charge in [-0.25, -0.2) is 4.79 Å². The molecule has 1 aromatic heterocycles. The van der Waals surface area contributed by atoms with Crippen LogP contribution >= 0.6 is 11.3 Å². The van der Waals surface area contributed by atoms with Crippen LogP contribution < -0.4 is 20.3 Å². The average molecular weight is 429 g/mol. The van der Waals surface area contributed by atoms with Gasteiger partial charge in [0.25, 0.3) is 0 Å². The van der Waals surface area contributed by atoms with Crippen LogP contribution in [0.2, 0.25) is 0 Å². The second-order valence-corrected chi connectivity index (χ2v) is 9.15. The predicted octanol–water partition coefficient (Wildman–Crippen LogP) is 3.72. The molecule has 162 valence electrons. The van der Waals surface area contributed by atoms with E-state index >= 15 is 0 Å². The molecule has 2 aliphatic rings. The van der Waals surface area contributed by atoms with Crippen LogP contribution in [0.4, 0.5) is 10.5 Å². The zero-order valence-corrected chi connectivity index (χ0v) is 18.5. The number of ether oxygens (including phenoxy) is 1. The maximum Gasteiger partial charge on any atom is 0.314 e. The molecule has 0 radical (unpaired) electrons. The Morgan fingerprint density at radius 2 is 2.07 bits per heavy atom. The maximum absolute atomic E-state index is 12.5. The Morgan fingerprint density at radius 1 is 1.20 bits per heavy atom. The molecule has 2 aliphatic heterocycles. The lowest BCUT2D eigenvalue weighted by Crippen LogP contribution is -2.43. The third kappa shape index (κ3) is 5.26. The third-order valence-corrected chi connectivity index (χ3v) is 7.14. The fourth-order valence-electron chi connectivity index (χ4n) is 4.47. The van der Waals surface area contributed by atoms with Crippen molar-refractivity contribution in [1.29, 1.82) is 0 Å². The van der Waals surface area contributed by atoms with E-state index in [1.165, 1.54) is 23.4 Å². The van der Waals surface area contributed by atoms with E-state index < -0.39 is 0 Å². The molecule has 2 aromatic rings. The highest BCUT2D eigenvalue weighted by atomic mass is 32.1. The topological polar surface area (TPSA) is 56.8 Å². The van der Waals surface area contributed by atoms with E-state index in [9.17, 15) is 4.79 Å². The lowest BCUT2D eigenvalue weighted by Gasteiger charge is -2.27. The highest BCUT2D eigenvalue weighted by Crippen LogP contribution is 2.28. The lowest BCUT2D eigenvalue weighted by atomic mass is 10.1. The van der Waals surface area contributed by atoms with Crippen LogP contribution in [0.5, 0.6) is 5.75 Å². The second-order valence-electron chi connectivity index (χ2n) is 8.17. The minimum absolute atomic E-state index is 0.0596. The number of likely N-dealkylation sites (tertiary alicyclic amines) is 1. The molecule has 0 saturated carbocycles. The lowest BCUT2D eigenvalue weighted by molar-refractivity contribution is 0.221. The summed E-state index contributed by atoms with van der Waals surface area (Å²) < 4.78 is 5.34. The number of amides is 2. The first-order valence-electron chi connectivity index (χ1n) is 10.9. The van der Waals surface area contributed by atoms with Crippen LogP contribution in [0.15, 0.2) is 41.8 Å². The highest BCUT2D eigenvalue weighted by molar-refractivity contribution is 7.10. The quantitative estimate of drug-likeness (QED) is 0.673. The van der Waals surface area contributed by atoms with Gasteiger partial charge in [0.05, 0.1) is 13.2 Å². The molecule has 2 atom stereocenters. The van der Waals surface area contributed by atoms with E-state index in [0.717, 1.165) is 38.3 Å². The number of carbonyl (C=O) groups excluding carboxylic acids is 1. The SMILES string of the molecule is COc1cccc(N2CCC(CNC(=O)NCC(c3cccs3)N3CCCC3)C2)c1. The van der Waals surface area contributed by atoms with Gasteiger partial charge in [-0.2, -0.15) is 0 Å². The fourth-order valence-corrected chi connectivity index (χ4v) is 5.33. The molecule has 2 N–H and O–H groups in total. The Hall–Kier alpha value is -2.25. The van der Waals surface area contributed by atoms with E-state index in [1.807, 2.05) is 12.1 Å². The summed E-state index contributed by atoms with van der Waals surface area (Å²) in [4.78, 5) is 18.7. The second kappa shape index (κ2) is 10.2. The fraction of sp³-hybridized carbons (Fsp3) is 0.522. The van der Waals surface area contributed by atoms with Gasteiger partial charge in [-0.05, 0) is 61.8 Å². The average Bonchev–Trinajstić information content (AvgIpc) is 3.55. The molecular weight excluding hydrogens is 396 g/mol. The van der Waals surface area contributed by atoms with E-state index in [4.69, 9.17) is 4.74 Å². The summed E-state index contributed by atoms with van der Waals surface area (Å²) >= 11 is 1.78. The van der Waals surface area contributed by atoms with Crippen molar-refractivity contribution in [2.75, 3.05) is 51.3 Å². The van der Waals surface area contributed by atoms with Crippen LogP contribution in [0.25, 0.3) is 0 Å². The van der Waals surface area contributed by atoms with Gasteiger partial charge in [0.1, 0.15) is 5.75 Å². The maximum atomic E-state index is 12.5. The Kier molecular flexibility index (Phi) is 7.12. The van der Waals surface area contributed by atoms with Gasteiger partial charge >= 0.3 is 6.03 Å². The smallest absolute Gasteiger partial charge is 0.314 e. The number of nitrogens with one attached hydrogen (secondary N) is 2. The zero-order chi connectivity index (χ0) is 20.8. The first-order valence-corrected chi connectivity index (χ1v) is 11.8. The predicted molar refractivity (Wildman–Crippen MR) is 123 cm³/mol. The first-order chi connectivity index (χ1) is 14.7. The summed E-state index contributed by atoms with van der Waals surface area (Å²) in [6.45, 7) is 5.57. The number of hydrogen-bond donors (Lipinski definition) is 2. The van der Waals surface area contributed by atoms with Crippen LogP contribution in [-0.2, 0) is 0 Å². The van der Waals surface area contributed by atoms with Crippen molar-refractivity contribution >= 4 is 23.1 Å². The number of rotatable bonds is 8. The number of hydrogen-bond acceptors (Lipinski definition) is 5. The molecule has 2 amide bonds. The Labute approximate surface area is 183 Å². The van der Waals surface area contributed by atoms with Gasteiger partial charge < -0.3 is 20.3 Å². The number of benzene rings is 1. The number of carbonyl (C=O) groups is 1. The molecule has 2 fully saturated rings. The van der Waals surface area contributed by atoms with Crippen molar-refractivity contribution in [2.24, 2.45) is 5.92 Å². The molecule has 7 heteroatoms. The molecule has 3 heterocycles.